The van der Waals surface area contributed by atoms with Crippen molar-refractivity contribution in [3.63, 3.8) is 0 Å². The lowest BCUT2D eigenvalue weighted by molar-refractivity contribution is 0.0760. The van der Waals surface area contributed by atoms with Gasteiger partial charge in [-0.3, -0.25) is 4.79 Å². The smallest absolute Gasteiger partial charge is 0.254 e. The number of hydrogen-bond donors (Lipinski definition) is 0. The molecule has 1 fully saturated rings. The first-order valence-corrected chi connectivity index (χ1v) is 7.56. The van der Waals surface area contributed by atoms with Crippen molar-refractivity contribution in [3.05, 3.63) is 17.7 Å². The summed E-state index contributed by atoms with van der Waals surface area (Å²) in [7, 11) is 1.58. The Morgan fingerprint density at radius 2 is 1.81 bits per heavy atom. The Labute approximate surface area is 124 Å². The van der Waals surface area contributed by atoms with Gasteiger partial charge in [0.15, 0.2) is 11.5 Å². The number of nitrogens with zero attached hydrogens (tertiary/aromatic N) is 1. The fourth-order valence-electron chi connectivity index (χ4n) is 2.85. The molecule has 3 rings (SSSR count). The highest BCUT2D eigenvalue weighted by atomic mass is 16.6. The molecule has 1 aromatic carbocycles. The summed E-state index contributed by atoms with van der Waals surface area (Å²) in [5.74, 6) is 1.80. The number of carbonyl (C=O) groups is 1. The van der Waals surface area contributed by atoms with E-state index in [1.165, 1.54) is 12.8 Å². The first-order valence-electron chi connectivity index (χ1n) is 7.56. The van der Waals surface area contributed by atoms with Crippen molar-refractivity contribution in [1.29, 1.82) is 0 Å². The summed E-state index contributed by atoms with van der Waals surface area (Å²) in [6.07, 6.45) is 4.56. The molecule has 0 unspecified atom stereocenters. The summed E-state index contributed by atoms with van der Waals surface area (Å²) < 4.78 is 16.5. The highest BCUT2D eigenvalue weighted by Gasteiger charge is 2.23. The van der Waals surface area contributed by atoms with Gasteiger partial charge in [0.05, 0.1) is 7.11 Å². The van der Waals surface area contributed by atoms with E-state index in [0.717, 1.165) is 25.9 Å². The lowest BCUT2D eigenvalue weighted by Gasteiger charge is -2.24. The third kappa shape index (κ3) is 2.91. The van der Waals surface area contributed by atoms with Crippen molar-refractivity contribution < 1.29 is 19.0 Å². The molecule has 2 aliphatic heterocycles. The second kappa shape index (κ2) is 6.24. The predicted molar refractivity (Wildman–Crippen MR) is 78.4 cm³/mol. The lowest BCUT2D eigenvalue weighted by Crippen LogP contribution is -2.32. The van der Waals surface area contributed by atoms with Gasteiger partial charge < -0.3 is 19.1 Å². The van der Waals surface area contributed by atoms with Crippen LogP contribution in [-0.4, -0.2) is 44.2 Å². The van der Waals surface area contributed by atoms with Gasteiger partial charge in [0.25, 0.3) is 5.91 Å². The van der Waals surface area contributed by atoms with Gasteiger partial charge in [-0.1, -0.05) is 12.8 Å². The molecule has 0 aromatic heterocycles. The molecular formula is C16H21NO4. The Hall–Kier alpha value is -1.91. The number of amides is 1. The molecule has 21 heavy (non-hydrogen) atoms. The van der Waals surface area contributed by atoms with Crippen LogP contribution in [0.2, 0.25) is 0 Å². The maximum Gasteiger partial charge on any atom is 0.254 e. The van der Waals surface area contributed by atoms with E-state index in [1.807, 2.05) is 4.90 Å². The highest BCUT2D eigenvalue weighted by Crippen LogP contribution is 2.40. The van der Waals surface area contributed by atoms with Crippen molar-refractivity contribution in [3.8, 4) is 17.2 Å². The van der Waals surface area contributed by atoms with Gasteiger partial charge in [-0.25, -0.2) is 0 Å². The molecule has 5 heteroatoms. The second-order valence-electron chi connectivity index (χ2n) is 5.41. The molecule has 0 spiro atoms. The summed E-state index contributed by atoms with van der Waals surface area (Å²) in [5.41, 5.74) is 0.609. The van der Waals surface area contributed by atoms with Gasteiger partial charge in [0, 0.05) is 18.7 Å². The van der Waals surface area contributed by atoms with Crippen molar-refractivity contribution >= 4 is 5.91 Å². The molecular weight excluding hydrogens is 270 g/mol. The molecule has 0 aliphatic carbocycles. The normalized spacial score (nSPS) is 18.0. The fraction of sp³-hybridized carbons (Fsp3) is 0.562. The monoisotopic (exact) mass is 291 g/mol. The van der Waals surface area contributed by atoms with Crippen LogP contribution < -0.4 is 14.2 Å². The zero-order valence-corrected chi connectivity index (χ0v) is 12.4. The molecule has 1 amide bonds. The van der Waals surface area contributed by atoms with Gasteiger partial charge in [-0.15, -0.1) is 0 Å². The number of methoxy groups -OCH3 is 1. The Morgan fingerprint density at radius 1 is 1.10 bits per heavy atom. The molecule has 114 valence electrons. The minimum Gasteiger partial charge on any atom is -0.493 e. The van der Waals surface area contributed by atoms with Crippen molar-refractivity contribution in [2.75, 3.05) is 33.4 Å². The van der Waals surface area contributed by atoms with Crippen LogP contribution in [0.4, 0.5) is 0 Å². The molecule has 1 aromatic rings. The van der Waals surface area contributed by atoms with Crippen molar-refractivity contribution in [1.82, 2.24) is 4.90 Å². The molecule has 0 radical (unpaired) electrons. The van der Waals surface area contributed by atoms with Crippen LogP contribution in [0.5, 0.6) is 17.2 Å². The molecule has 0 bridgehead atoms. The van der Waals surface area contributed by atoms with Gasteiger partial charge in [-0.05, 0) is 25.0 Å². The molecule has 2 heterocycles. The van der Waals surface area contributed by atoms with E-state index < -0.39 is 0 Å². The summed E-state index contributed by atoms with van der Waals surface area (Å²) in [4.78, 5) is 14.6. The summed E-state index contributed by atoms with van der Waals surface area (Å²) in [6.45, 7) is 2.66. The summed E-state index contributed by atoms with van der Waals surface area (Å²) >= 11 is 0. The van der Waals surface area contributed by atoms with E-state index in [4.69, 9.17) is 14.2 Å². The van der Waals surface area contributed by atoms with E-state index in [-0.39, 0.29) is 5.91 Å². The highest BCUT2D eigenvalue weighted by molar-refractivity contribution is 5.95. The Bertz CT molecular complexity index is 504. The van der Waals surface area contributed by atoms with Crippen LogP contribution >= 0.6 is 0 Å². The summed E-state index contributed by atoms with van der Waals surface area (Å²) in [6, 6.07) is 3.52. The number of ether oxygens (including phenoxy) is 3. The number of hydrogen-bond acceptors (Lipinski definition) is 4. The average molecular weight is 291 g/mol. The van der Waals surface area contributed by atoms with Crippen molar-refractivity contribution in [2.45, 2.75) is 25.7 Å². The largest absolute Gasteiger partial charge is 0.493 e. The van der Waals surface area contributed by atoms with E-state index in [9.17, 15) is 4.79 Å². The maximum absolute atomic E-state index is 12.7. The quantitative estimate of drug-likeness (QED) is 0.840. The van der Waals surface area contributed by atoms with E-state index in [0.29, 0.717) is 36.0 Å². The molecule has 0 atom stereocenters. The third-order valence-corrected chi connectivity index (χ3v) is 3.97. The molecule has 2 aliphatic rings. The van der Waals surface area contributed by atoms with E-state index >= 15 is 0 Å². The minimum atomic E-state index is 0.0483. The van der Waals surface area contributed by atoms with Gasteiger partial charge in [0.1, 0.15) is 13.2 Å². The SMILES string of the molecule is COc1cc(C(=O)N2CCCCCC2)cc2c1OCCO2. The summed E-state index contributed by atoms with van der Waals surface area (Å²) in [5, 5.41) is 0. The zero-order chi connectivity index (χ0) is 14.7. The van der Waals surface area contributed by atoms with E-state index in [2.05, 4.69) is 0 Å². The van der Waals surface area contributed by atoms with Crippen LogP contribution in [0.3, 0.4) is 0 Å². The number of benzene rings is 1. The van der Waals surface area contributed by atoms with Gasteiger partial charge in [-0.2, -0.15) is 0 Å². The van der Waals surface area contributed by atoms with Crippen LogP contribution in [-0.2, 0) is 0 Å². The van der Waals surface area contributed by atoms with Crippen molar-refractivity contribution in [2.24, 2.45) is 0 Å². The Morgan fingerprint density at radius 3 is 2.52 bits per heavy atom. The second-order valence-corrected chi connectivity index (χ2v) is 5.41. The number of fused-ring (bicyclic) bond motifs is 1. The minimum absolute atomic E-state index is 0.0483. The van der Waals surface area contributed by atoms with Gasteiger partial charge >= 0.3 is 0 Å². The van der Waals surface area contributed by atoms with Crippen LogP contribution in [0.25, 0.3) is 0 Å². The van der Waals surface area contributed by atoms with Gasteiger partial charge in [0.2, 0.25) is 5.75 Å². The Balaban J connectivity index is 1.88. The number of rotatable bonds is 2. The predicted octanol–water partition coefficient (Wildman–Crippen LogP) is 2.48. The average Bonchev–Trinajstić information content (AvgIpc) is 2.82. The van der Waals surface area contributed by atoms with Crippen LogP contribution in [0, 0.1) is 0 Å². The number of carbonyl (C=O) groups excluding carboxylic acids is 1. The molecule has 0 N–H and O–H groups in total. The molecule has 1 saturated heterocycles. The topological polar surface area (TPSA) is 48.0 Å². The third-order valence-electron chi connectivity index (χ3n) is 3.97. The standard InChI is InChI=1S/C16H21NO4/c1-19-13-10-12(11-14-15(13)21-9-8-20-14)16(18)17-6-4-2-3-5-7-17/h10-11H,2-9H2,1H3. The van der Waals surface area contributed by atoms with Crippen LogP contribution in [0.15, 0.2) is 12.1 Å². The van der Waals surface area contributed by atoms with E-state index in [1.54, 1.807) is 19.2 Å². The number of likely N-dealkylation sites (tertiary alicyclic amines) is 1. The first kappa shape index (κ1) is 14.0. The first-order chi connectivity index (χ1) is 10.3. The molecule has 5 nitrogen and oxygen atoms in total. The van der Waals surface area contributed by atoms with Crippen LogP contribution in [0.1, 0.15) is 36.0 Å². The zero-order valence-electron chi connectivity index (χ0n) is 12.4. The Kier molecular flexibility index (Phi) is 4.18. The fourth-order valence-corrected chi connectivity index (χ4v) is 2.85. The lowest BCUT2D eigenvalue weighted by atomic mass is 10.1. The maximum atomic E-state index is 12.7. The molecule has 0 saturated carbocycles.